The number of rotatable bonds is 1. The van der Waals surface area contributed by atoms with Crippen LogP contribution >= 0.6 is 11.6 Å². The largest absolute Gasteiger partial charge is 0.315 e. The number of halogens is 1. The molecule has 1 aliphatic heterocycles. The molecule has 0 radical (unpaired) electrons. The monoisotopic (exact) mass is 221 g/mol. The van der Waals surface area contributed by atoms with E-state index in [1.165, 1.54) is 0 Å². The van der Waals surface area contributed by atoms with Gasteiger partial charge < -0.3 is 5.32 Å². The topological polar surface area (TPSA) is 29.9 Å². The van der Waals surface area contributed by atoms with Crippen LogP contribution in [0.4, 0.5) is 0 Å². The molecule has 15 heavy (non-hydrogen) atoms. The van der Waals surface area contributed by atoms with Crippen molar-refractivity contribution in [1.82, 2.24) is 15.1 Å². The summed E-state index contributed by atoms with van der Waals surface area (Å²) in [6.07, 6.45) is 3.05. The maximum absolute atomic E-state index is 6.00. The minimum Gasteiger partial charge on any atom is -0.315 e. The van der Waals surface area contributed by atoms with E-state index in [4.69, 9.17) is 11.6 Å². The summed E-state index contributed by atoms with van der Waals surface area (Å²) in [5.41, 5.74) is 1.14. The Bertz CT molecular complexity index is 486. The molecule has 1 unspecified atom stereocenters. The van der Waals surface area contributed by atoms with Crippen molar-refractivity contribution in [2.24, 2.45) is 0 Å². The molecule has 0 saturated carbocycles. The molecule has 3 nitrogen and oxygen atoms in total. The fourth-order valence-electron chi connectivity index (χ4n) is 2.15. The second kappa shape index (κ2) is 3.51. The number of hydrogen-bond donors (Lipinski definition) is 1. The lowest BCUT2D eigenvalue weighted by atomic mass is 10.2. The highest BCUT2D eigenvalue weighted by atomic mass is 35.5. The minimum absolute atomic E-state index is 0.473. The molecule has 2 heterocycles. The molecule has 0 aliphatic carbocycles. The van der Waals surface area contributed by atoms with E-state index in [1.54, 1.807) is 0 Å². The molecule has 0 spiro atoms. The highest BCUT2D eigenvalue weighted by Gasteiger charge is 2.18. The number of benzene rings is 1. The van der Waals surface area contributed by atoms with Gasteiger partial charge in [-0.3, -0.25) is 4.68 Å². The van der Waals surface area contributed by atoms with Crippen molar-refractivity contribution in [1.29, 1.82) is 0 Å². The molecule has 1 saturated heterocycles. The zero-order valence-corrected chi connectivity index (χ0v) is 9.04. The molecule has 78 valence electrons. The Kier molecular flexibility index (Phi) is 2.15. The molecule has 0 amide bonds. The van der Waals surface area contributed by atoms with Crippen LogP contribution in [0.2, 0.25) is 5.02 Å². The minimum atomic E-state index is 0.473. The first kappa shape index (κ1) is 9.19. The molecule has 1 atom stereocenters. The quantitative estimate of drug-likeness (QED) is 0.801. The summed E-state index contributed by atoms with van der Waals surface area (Å²) in [5.74, 6) is 0. The second-order valence-electron chi connectivity index (χ2n) is 3.94. The molecule has 2 aromatic rings. The van der Waals surface area contributed by atoms with Crippen molar-refractivity contribution in [3.63, 3.8) is 0 Å². The van der Waals surface area contributed by atoms with E-state index >= 15 is 0 Å². The first-order valence-electron chi connectivity index (χ1n) is 5.18. The molecular formula is C11H12ClN3. The Morgan fingerprint density at radius 1 is 1.47 bits per heavy atom. The van der Waals surface area contributed by atoms with Gasteiger partial charge in [0.15, 0.2) is 0 Å². The molecule has 1 N–H and O–H groups in total. The van der Waals surface area contributed by atoms with Gasteiger partial charge >= 0.3 is 0 Å². The van der Waals surface area contributed by atoms with E-state index in [0.717, 1.165) is 35.4 Å². The molecule has 1 aromatic carbocycles. The Morgan fingerprint density at radius 3 is 3.20 bits per heavy atom. The molecule has 1 aromatic heterocycles. The summed E-state index contributed by atoms with van der Waals surface area (Å²) in [4.78, 5) is 0. The Balaban J connectivity index is 2.13. The molecular weight excluding hydrogens is 210 g/mol. The van der Waals surface area contributed by atoms with Gasteiger partial charge in [-0.05, 0) is 31.2 Å². The molecule has 1 fully saturated rings. The Labute approximate surface area is 93.0 Å². The average molecular weight is 222 g/mol. The van der Waals surface area contributed by atoms with Crippen molar-refractivity contribution < 1.29 is 0 Å². The van der Waals surface area contributed by atoms with Gasteiger partial charge in [-0.25, -0.2) is 0 Å². The van der Waals surface area contributed by atoms with E-state index in [-0.39, 0.29) is 0 Å². The molecule has 0 bridgehead atoms. The van der Waals surface area contributed by atoms with E-state index < -0.39 is 0 Å². The van der Waals surface area contributed by atoms with E-state index in [2.05, 4.69) is 15.1 Å². The van der Waals surface area contributed by atoms with Gasteiger partial charge in [0.25, 0.3) is 0 Å². The summed E-state index contributed by atoms with van der Waals surface area (Å²) in [6, 6.07) is 6.38. The van der Waals surface area contributed by atoms with Crippen molar-refractivity contribution in [3.05, 3.63) is 29.4 Å². The normalized spacial score (nSPS) is 21.3. The number of fused-ring (bicyclic) bond motifs is 1. The third-order valence-electron chi connectivity index (χ3n) is 2.94. The van der Waals surface area contributed by atoms with Gasteiger partial charge in [-0.15, -0.1) is 0 Å². The molecule has 1 aliphatic rings. The lowest BCUT2D eigenvalue weighted by Crippen LogP contribution is -2.14. The van der Waals surface area contributed by atoms with Crippen molar-refractivity contribution in [3.8, 4) is 0 Å². The summed E-state index contributed by atoms with van der Waals surface area (Å²) in [7, 11) is 0. The van der Waals surface area contributed by atoms with Crippen LogP contribution in [0, 0.1) is 0 Å². The number of hydrogen-bond acceptors (Lipinski definition) is 2. The van der Waals surface area contributed by atoms with E-state index in [1.807, 2.05) is 24.4 Å². The Hall–Kier alpha value is -1.06. The van der Waals surface area contributed by atoms with Crippen LogP contribution in [0.25, 0.3) is 10.9 Å². The van der Waals surface area contributed by atoms with E-state index in [9.17, 15) is 0 Å². The highest BCUT2D eigenvalue weighted by Crippen LogP contribution is 2.24. The standard InChI is InChI=1S/C11H12ClN3/c12-9-2-1-8-6-14-15(11(8)5-9)10-3-4-13-7-10/h1-2,5-6,10,13H,3-4,7H2. The number of aromatic nitrogens is 2. The van der Waals surface area contributed by atoms with Crippen LogP contribution in [-0.4, -0.2) is 22.9 Å². The first-order valence-corrected chi connectivity index (χ1v) is 5.56. The SMILES string of the molecule is Clc1ccc2cnn(C3CCNC3)c2c1. The zero-order chi connectivity index (χ0) is 10.3. The van der Waals surface area contributed by atoms with Crippen molar-refractivity contribution in [2.45, 2.75) is 12.5 Å². The summed E-state index contributed by atoms with van der Waals surface area (Å²) >= 11 is 6.00. The van der Waals surface area contributed by atoms with Crippen LogP contribution in [0.5, 0.6) is 0 Å². The van der Waals surface area contributed by atoms with Crippen molar-refractivity contribution in [2.75, 3.05) is 13.1 Å². The van der Waals surface area contributed by atoms with Gasteiger partial charge in [0.1, 0.15) is 0 Å². The zero-order valence-electron chi connectivity index (χ0n) is 8.28. The first-order chi connectivity index (χ1) is 7.34. The number of nitrogens with one attached hydrogen (secondary N) is 1. The fourth-order valence-corrected chi connectivity index (χ4v) is 2.32. The lowest BCUT2D eigenvalue weighted by molar-refractivity contribution is 0.506. The third kappa shape index (κ3) is 1.52. The average Bonchev–Trinajstić information content (AvgIpc) is 2.83. The van der Waals surface area contributed by atoms with E-state index in [0.29, 0.717) is 6.04 Å². The van der Waals surface area contributed by atoms with Gasteiger partial charge in [-0.1, -0.05) is 11.6 Å². The smallest absolute Gasteiger partial charge is 0.0701 e. The summed E-state index contributed by atoms with van der Waals surface area (Å²) in [5, 5.41) is 9.71. The summed E-state index contributed by atoms with van der Waals surface area (Å²) in [6.45, 7) is 2.08. The predicted octanol–water partition coefficient (Wildman–Crippen LogP) is 2.22. The number of nitrogens with zero attached hydrogens (tertiary/aromatic N) is 2. The van der Waals surface area contributed by atoms with Crippen LogP contribution in [-0.2, 0) is 0 Å². The van der Waals surface area contributed by atoms with Crippen LogP contribution < -0.4 is 5.32 Å². The highest BCUT2D eigenvalue weighted by molar-refractivity contribution is 6.31. The van der Waals surface area contributed by atoms with Gasteiger partial charge in [-0.2, -0.15) is 5.10 Å². The third-order valence-corrected chi connectivity index (χ3v) is 3.18. The molecule has 3 rings (SSSR count). The maximum atomic E-state index is 6.00. The fraction of sp³-hybridized carbons (Fsp3) is 0.364. The van der Waals surface area contributed by atoms with Gasteiger partial charge in [0, 0.05) is 17.0 Å². The van der Waals surface area contributed by atoms with Gasteiger partial charge in [0.2, 0.25) is 0 Å². The van der Waals surface area contributed by atoms with Crippen molar-refractivity contribution >= 4 is 22.5 Å². The lowest BCUT2D eigenvalue weighted by Gasteiger charge is -2.10. The van der Waals surface area contributed by atoms with Gasteiger partial charge in [0.05, 0.1) is 17.8 Å². The second-order valence-corrected chi connectivity index (χ2v) is 4.38. The van der Waals surface area contributed by atoms with Crippen LogP contribution in [0.3, 0.4) is 0 Å². The summed E-state index contributed by atoms with van der Waals surface area (Å²) < 4.78 is 2.08. The maximum Gasteiger partial charge on any atom is 0.0701 e. The predicted molar refractivity (Wildman–Crippen MR) is 61.3 cm³/mol. The molecule has 4 heteroatoms. The van der Waals surface area contributed by atoms with Crippen LogP contribution in [0.1, 0.15) is 12.5 Å². The van der Waals surface area contributed by atoms with Crippen LogP contribution in [0.15, 0.2) is 24.4 Å². The Morgan fingerprint density at radius 2 is 2.40 bits per heavy atom.